The quantitative estimate of drug-likeness (QED) is 0.742. The van der Waals surface area contributed by atoms with E-state index in [1.165, 1.54) is 11.3 Å². The number of benzene rings is 1. The van der Waals surface area contributed by atoms with E-state index >= 15 is 0 Å². The number of anilines is 2. The van der Waals surface area contributed by atoms with Crippen LogP contribution in [0.25, 0.3) is 10.8 Å². The predicted molar refractivity (Wildman–Crippen MR) is 89.0 cm³/mol. The number of urea groups is 1. The number of thiazole rings is 1. The van der Waals surface area contributed by atoms with E-state index in [1.54, 1.807) is 24.3 Å². The third-order valence-corrected chi connectivity index (χ3v) is 4.26. The van der Waals surface area contributed by atoms with Crippen LogP contribution in [-0.2, 0) is 0 Å². The average molecular weight is 350 g/mol. The molecule has 1 aromatic carbocycles. The largest absolute Gasteiger partial charge is 0.402 e. The number of aromatic nitrogens is 3. The molecule has 0 aliphatic rings. The predicted octanol–water partition coefficient (Wildman–Crippen LogP) is 4.11. The van der Waals surface area contributed by atoms with E-state index in [-0.39, 0.29) is 6.01 Å². The maximum absolute atomic E-state index is 11.9. The van der Waals surface area contributed by atoms with Gasteiger partial charge in [-0.05, 0) is 26.0 Å². The average Bonchev–Trinajstić information content (AvgIpc) is 3.07. The van der Waals surface area contributed by atoms with Gasteiger partial charge >= 0.3 is 12.0 Å². The minimum absolute atomic E-state index is 0.00462. The lowest BCUT2D eigenvalue weighted by Gasteiger charge is -2.05. The first kappa shape index (κ1) is 15.4. The van der Waals surface area contributed by atoms with Crippen LogP contribution < -0.4 is 10.6 Å². The second-order valence-electron chi connectivity index (χ2n) is 4.62. The Labute approximate surface area is 140 Å². The number of carbonyl (C=O) groups excluding carboxylic acids is 1. The van der Waals surface area contributed by atoms with Crippen LogP contribution in [0.2, 0.25) is 5.02 Å². The molecule has 0 radical (unpaired) electrons. The molecule has 0 saturated carbocycles. The van der Waals surface area contributed by atoms with E-state index in [2.05, 4.69) is 25.8 Å². The first-order chi connectivity index (χ1) is 11.0. The number of hydrogen-bond acceptors (Lipinski definition) is 6. The molecule has 0 unspecified atom stereocenters. The lowest BCUT2D eigenvalue weighted by Crippen LogP contribution is -2.19. The van der Waals surface area contributed by atoms with Crippen molar-refractivity contribution >= 4 is 40.7 Å². The molecule has 2 aromatic heterocycles. The number of halogens is 1. The van der Waals surface area contributed by atoms with Crippen LogP contribution in [0.15, 0.2) is 28.7 Å². The molecule has 118 valence electrons. The van der Waals surface area contributed by atoms with Crippen LogP contribution in [0, 0.1) is 13.8 Å². The summed E-state index contributed by atoms with van der Waals surface area (Å²) < 4.78 is 5.45. The smallest absolute Gasteiger partial charge is 0.327 e. The number of carbonyl (C=O) groups is 1. The third-order valence-electron chi connectivity index (χ3n) is 2.87. The van der Waals surface area contributed by atoms with Gasteiger partial charge < -0.3 is 9.73 Å². The van der Waals surface area contributed by atoms with Crippen molar-refractivity contribution in [1.29, 1.82) is 0 Å². The van der Waals surface area contributed by atoms with Crippen LogP contribution in [-0.4, -0.2) is 21.2 Å². The molecule has 3 rings (SSSR count). The molecule has 2 N–H and O–H groups in total. The number of nitrogens with one attached hydrogen (secondary N) is 2. The fourth-order valence-corrected chi connectivity index (χ4v) is 2.93. The van der Waals surface area contributed by atoms with Gasteiger partial charge in [0, 0.05) is 0 Å². The van der Waals surface area contributed by atoms with Crippen molar-refractivity contribution in [3.8, 4) is 10.8 Å². The molecule has 0 atom stereocenters. The highest BCUT2D eigenvalue weighted by atomic mass is 35.5. The second kappa shape index (κ2) is 6.35. The second-order valence-corrected chi connectivity index (χ2v) is 6.23. The highest BCUT2D eigenvalue weighted by Gasteiger charge is 2.16. The summed E-state index contributed by atoms with van der Waals surface area (Å²) in [6, 6.07) is 6.37. The Bertz CT molecular complexity index is 860. The van der Waals surface area contributed by atoms with Gasteiger partial charge in [0.15, 0.2) is 0 Å². The lowest BCUT2D eigenvalue weighted by atomic mass is 10.3. The highest BCUT2D eigenvalue weighted by molar-refractivity contribution is 7.15. The molecule has 0 aliphatic carbocycles. The highest BCUT2D eigenvalue weighted by Crippen LogP contribution is 2.29. The molecule has 3 aromatic rings. The molecule has 2 heterocycles. The van der Waals surface area contributed by atoms with Gasteiger partial charge in [0.25, 0.3) is 5.89 Å². The summed E-state index contributed by atoms with van der Waals surface area (Å²) in [5, 5.41) is 14.1. The minimum Gasteiger partial charge on any atom is -0.402 e. The number of nitrogens with zero attached hydrogens (tertiary/aromatic N) is 3. The maximum atomic E-state index is 11.9. The summed E-state index contributed by atoms with van der Waals surface area (Å²) >= 11 is 7.43. The Morgan fingerprint density at radius 1 is 1.22 bits per heavy atom. The monoisotopic (exact) mass is 349 g/mol. The normalized spacial score (nSPS) is 10.6. The summed E-state index contributed by atoms with van der Waals surface area (Å²) in [7, 11) is 0. The standard InChI is InChI=1S/C14H12ClN5O2S/c1-7-11(23-8(2)16-7)12-19-20-14(22-12)18-13(21)17-10-6-4-3-5-9(10)15/h3-6H,1-2H3,(H2,17,18,20,21). The summed E-state index contributed by atoms with van der Waals surface area (Å²) in [6.45, 7) is 3.76. The molecule has 0 aliphatic heterocycles. The van der Waals surface area contributed by atoms with Crippen molar-refractivity contribution in [2.45, 2.75) is 13.8 Å². The zero-order valence-corrected chi connectivity index (χ0v) is 13.8. The van der Waals surface area contributed by atoms with Crippen molar-refractivity contribution in [1.82, 2.24) is 15.2 Å². The van der Waals surface area contributed by atoms with Crippen molar-refractivity contribution in [3.63, 3.8) is 0 Å². The van der Waals surface area contributed by atoms with Crippen molar-refractivity contribution < 1.29 is 9.21 Å². The van der Waals surface area contributed by atoms with Gasteiger partial charge in [0.05, 0.1) is 21.4 Å². The zero-order chi connectivity index (χ0) is 16.4. The van der Waals surface area contributed by atoms with Crippen molar-refractivity contribution in [2.75, 3.05) is 10.6 Å². The topological polar surface area (TPSA) is 92.9 Å². The number of rotatable bonds is 3. The Hall–Kier alpha value is -2.45. The van der Waals surface area contributed by atoms with Crippen LogP contribution in [0.4, 0.5) is 16.5 Å². The Morgan fingerprint density at radius 2 is 2.00 bits per heavy atom. The van der Waals surface area contributed by atoms with E-state index in [4.69, 9.17) is 16.0 Å². The molecule has 2 amide bonds. The Kier molecular flexibility index (Phi) is 4.26. The van der Waals surface area contributed by atoms with E-state index in [0.29, 0.717) is 16.6 Å². The third kappa shape index (κ3) is 3.49. The fraction of sp³-hybridized carbons (Fsp3) is 0.143. The first-order valence-electron chi connectivity index (χ1n) is 6.63. The van der Waals surface area contributed by atoms with Crippen molar-refractivity contribution in [3.05, 3.63) is 40.0 Å². The molecule has 9 heteroatoms. The van der Waals surface area contributed by atoms with Crippen LogP contribution in [0.1, 0.15) is 10.7 Å². The Balaban J connectivity index is 1.71. The van der Waals surface area contributed by atoms with Crippen molar-refractivity contribution in [2.24, 2.45) is 0 Å². The van der Waals surface area contributed by atoms with E-state index in [9.17, 15) is 4.79 Å². The Morgan fingerprint density at radius 3 is 2.70 bits per heavy atom. The number of para-hydroxylation sites is 1. The van der Waals surface area contributed by atoms with Gasteiger partial charge in [-0.2, -0.15) is 0 Å². The molecular weight excluding hydrogens is 338 g/mol. The van der Waals surface area contributed by atoms with E-state index in [1.807, 2.05) is 13.8 Å². The molecule has 7 nitrogen and oxygen atoms in total. The fourth-order valence-electron chi connectivity index (χ4n) is 1.91. The van der Waals surface area contributed by atoms with Crippen LogP contribution in [0.3, 0.4) is 0 Å². The number of hydrogen-bond donors (Lipinski definition) is 2. The SMILES string of the molecule is Cc1nc(C)c(-c2nnc(NC(=O)Nc3ccccc3Cl)o2)s1. The van der Waals surface area contributed by atoms with Gasteiger partial charge in [-0.1, -0.05) is 28.8 Å². The molecule has 0 bridgehead atoms. The van der Waals surface area contributed by atoms with E-state index < -0.39 is 6.03 Å². The molecule has 0 spiro atoms. The zero-order valence-electron chi connectivity index (χ0n) is 12.3. The minimum atomic E-state index is -0.523. The van der Waals surface area contributed by atoms with Crippen LogP contribution in [0.5, 0.6) is 0 Å². The van der Waals surface area contributed by atoms with Gasteiger partial charge in [0.1, 0.15) is 4.88 Å². The van der Waals surface area contributed by atoms with Gasteiger partial charge in [-0.15, -0.1) is 16.4 Å². The van der Waals surface area contributed by atoms with Crippen LogP contribution >= 0.6 is 22.9 Å². The maximum Gasteiger partial charge on any atom is 0.327 e. The first-order valence-corrected chi connectivity index (χ1v) is 7.83. The molecule has 0 fully saturated rings. The summed E-state index contributed by atoms with van der Waals surface area (Å²) in [5.41, 5.74) is 1.29. The van der Waals surface area contributed by atoms with Gasteiger partial charge in [-0.3, -0.25) is 5.32 Å². The lowest BCUT2D eigenvalue weighted by molar-refractivity contribution is 0.261. The van der Waals surface area contributed by atoms with Gasteiger partial charge in [0.2, 0.25) is 0 Å². The summed E-state index contributed by atoms with van der Waals surface area (Å²) in [6.07, 6.45) is 0. The van der Waals surface area contributed by atoms with Gasteiger partial charge in [-0.25, -0.2) is 9.78 Å². The number of amides is 2. The van der Waals surface area contributed by atoms with E-state index in [0.717, 1.165) is 15.6 Å². The summed E-state index contributed by atoms with van der Waals surface area (Å²) in [4.78, 5) is 17.0. The summed E-state index contributed by atoms with van der Waals surface area (Å²) in [5.74, 6) is 0.321. The molecular formula is C14H12ClN5O2S. The molecule has 23 heavy (non-hydrogen) atoms. The number of aryl methyl sites for hydroxylation is 2. The molecule has 0 saturated heterocycles.